The lowest BCUT2D eigenvalue weighted by Crippen LogP contribution is -2.18. The summed E-state index contributed by atoms with van der Waals surface area (Å²) in [4.78, 5) is 12.7. The van der Waals surface area contributed by atoms with E-state index in [0.29, 0.717) is 22.9 Å². The van der Waals surface area contributed by atoms with Crippen molar-refractivity contribution in [1.82, 2.24) is 0 Å². The molecule has 2 aromatic rings. The molecule has 1 aromatic heterocycles. The first-order valence-electron chi connectivity index (χ1n) is 8.88. The molecule has 0 radical (unpaired) electrons. The number of nitrogens with two attached hydrogens (primary N) is 1. The molecule has 0 bridgehead atoms. The van der Waals surface area contributed by atoms with E-state index in [2.05, 4.69) is 0 Å². The normalized spacial score (nSPS) is 18.7. The lowest BCUT2D eigenvalue weighted by Gasteiger charge is -2.20. The molecule has 1 atom stereocenters. The molecule has 3 N–H and O–H groups in total. The third-order valence-electron chi connectivity index (χ3n) is 5.32. The molecule has 4 heteroatoms. The average Bonchev–Trinajstić information content (AvgIpc) is 3.38. The summed E-state index contributed by atoms with van der Waals surface area (Å²) in [6, 6.07) is 7.65. The van der Waals surface area contributed by atoms with Crippen LogP contribution in [0.3, 0.4) is 0 Å². The Morgan fingerprint density at radius 3 is 2.71 bits per heavy atom. The summed E-state index contributed by atoms with van der Waals surface area (Å²) >= 11 is 0. The van der Waals surface area contributed by atoms with Gasteiger partial charge in [0.05, 0.1) is 5.56 Å². The Morgan fingerprint density at radius 1 is 1.17 bits per heavy atom. The summed E-state index contributed by atoms with van der Waals surface area (Å²) in [5.74, 6) is 1.10. The molecule has 2 aliphatic carbocycles. The minimum absolute atomic E-state index is 0.127. The van der Waals surface area contributed by atoms with Crippen LogP contribution < -0.4 is 11.4 Å². The van der Waals surface area contributed by atoms with Crippen molar-refractivity contribution in [2.24, 2.45) is 5.92 Å². The molecule has 0 saturated heterocycles. The van der Waals surface area contributed by atoms with E-state index in [1.54, 1.807) is 0 Å². The van der Waals surface area contributed by atoms with E-state index in [-0.39, 0.29) is 17.3 Å². The summed E-state index contributed by atoms with van der Waals surface area (Å²) in [6.45, 7) is 0. The molecule has 1 heterocycles. The van der Waals surface area contributed by atoms with E-state index in [4.69, 9.17) is 10.2 Å². The van der Waals surface area contributed by atoms with Crippen LogP contribution in [0, 0.1) is 5.92 Å². The molecule has 1 saturated carbocycles. The maximum absolute atomic E-state index is 12.7. The van der Waals surface area contributed by atoms with Crippen molar-refractivity contribution < 1.29 is 9.52 Å². The number of nitrogen functional groups attached to an aromatic ring is 1. The number of hydrogen-bond donors (Lipinski definition) is 2. The molecule has 4 nitrogen and oxygen atoms in total. The molecule has 1 unspecified atom stereocenters. The Kier molecular flexibility index (Phi) is 3.83. The second-order valence-corrected chi connectivity index (χ2v) is 7.10. The molecule has 0 spiro atoms. The fourth-order valence-electron chi connectivity index (χ4n) is 3.97. The number of benzene rings is 1. The molecule has 0 aliphatic heterocycles. The molecular formula is C20H23NO3. The van der Waals surface area contributed by atoms with Crippen molar-refractivity contribution in [3.05, 3.63) is 57.1 Å². The van der Waals surface area contributed by atoms with Crippen LogP contribution in [0.2, 0.25) is 0 Å². The zero-order chi connectivity index (χ0) is 16.7. The minimum atomic E-state index is -0.382. The molecule has 2 aliphatic rings. The molecule has 0 amide bonds. The molecule has 1 fully saturated rings. The Morgan fingerprint density at radius 2 is 1.96 bits per heavy atom. The van der Waals surface area contributed by atoms with Gasteiger partial charge in [-0.2, -0.15) is 0 Å². The van der Waals surface area contributed by atoms with Gasteiger partial charge in [0.15, 0.2) is 0 Å². The van der Waals surface area contributed by atoms with Crippen LogP contribution >= 0.6 is 0 Å². The van der Waals surface area contributed by atoms with Crippen LogP contribution in [0.1, 0.15) is 60.5 Å². The maximum Gasteiger partial charge on any atom is 0.343 e. The lowest BCUT2D eigenvalue weighted by molar-refractivity contribution is 0.396. The zero-order valence-electron chi connectivity index (χ0n) is 13.8. The van der Waals surface area contributed by atoms with Gasteiger partial charge in [-0.05, 0) is 55.7 Å². The van der Waals surface area contributed by atoms with Crippen molar-refractivity contribution in [1.29, 1.82) is 0 Å². The predicted molar refractivity (Wildman–Crippen MR) is 93.3 cm³/mol. The Labute approximate surface area is 141 Å². The Hall–Kier alpha value is -2.23. The van der Waals surface area contributed by atoms with Gasteiger partial charge in [-0.1, -0.05) is 18.6 Å². The van der Waals surface area contributed by atoms with E-state index >= 15 is 0 Å². The second-order valence-electron chi connectivity index (χ2n) is 7.10. The Balaban J connectivity index is 1.87. The Bertz CT molecular complexity index is 820. The largest absolute Gasteiger partial charge is 0.507 e. The third-order valence-corrected chi connectivity index (χ3v) is 5.32. The highest BCUT2D eigenvalue weighted by Crippen LogP contribution is 2.48. The summed E-state index contributed by atoms with van der Waals surface area (Å²) in [6.07, 6.45) is 6.80. The van der Waals surface area contributed by atoms with Crippen molar-refractivity contribution >= 4 is 5.69 Å². The monoisotopic (exact) mass is 325 g/mol. The summed E-state index contributed by atoms with van der Waals surface area (Å²) in [5, 5.41) is 10.9. The van der Waals surface area contributed by atoms with Gasteiger partial charge in [0.2, 0.25) is 0 Å². The second kappa shape index (κ2) is 6.00. The number of hydrogen-bond acceptors (Lipinski definition) is 4. The topological polar surface area (TPSA) is 76.5 Å². The number of aryl methyl sites for hydroxylation is 1. The fraction of sp³-hybridized carbons (Fsp3) is 0.450. The van der Waals surface area contributed by atoms with Gasteiger partial charge >= 0.3 is 5.63 Å². The van der Waals surface area contributed by atoms with Crippen LogP contribution in [0.4, 0.5) is 5.69 Å². The van der Waals surface area contributed by atoms with Gasteiger partial charge in [-0.15, -0.1) is 0 Å². The summed E-state index contributed by atoms with van der Waals surface area (Å²) in [5.41, 5.74) is 8.51. The van der Waals surface area contributed by atoms with Gasteiger partial charge < -0.3 is 15.3 Å². The number of rotatable bonds is 3. The van der Waals surface area contributed by atoms with E-state index < -0.39 is 0 Å². The summed E-state index contributed by atoms with van der Waals surface area (Å²) in [7, 11) is 0. The lowest BCUT2D eigenvalue weighted by atomic mass is 9.86. The van der Waals surface area contributed by atoms with Crippen LogP contribution in [-0.2, 0) is 12.8 Å². The van der Waals surface area contributed by atoms with Crippen LogP contribution in [0.5, 0.6) is 5.75 Å². The molecule has 4 rings (SSSR count). The highest BCUT2D eigenvalue weighted by atomic mass is 16.4. The van der Waals surface area contributed by atoms with Gasteiger partial charge in [-0.3, -0.25) is 0 Å². The maximum atomic E-state index is 12.7. The van der Waals surface area contributed by atoms with E-state index in [1.165, 1.54) is 0 Å². The van der Waals surface area contributed by atoms with Crippen molar-refractivity contribution in [2.45, 2.75) is 50.9 Å². The summed E-state index contributed by atoms with van der Waals surface area (Å²) < 4.78 is 5.66. The minimum Gasteiger partial charge on any atom is -0.507 e. The van der Waals surface area contributed by atoms with Crippen LogP contribution in [-0.4, -0.2) is 5.11 Å². The van der Waals surface area contributed by atoms with Crippen molar-refractivity contribution in [2.75, 3.05) is 5.73 Å². The first-order chi connectivity index (χ1) is 11.6. The zero-order valence-corrected chi connectivity index (χ0v) is 13.8. The van der Waals surface area contributed by atoms with E-state index in [0.717, 1.165) is 56.1 Å². The van der Waals surface area contributed by atoms with Gasteiger partial charge in [0, 0.05) is 23.6 Å². The average molecular weight is 325 g/mol. The van der Waals surface area contributed by atoms with E-state index in [1.807, 2.05) is 24.3 Å². The highest BCUT2D eigenvalue weighted by molar-refractivity contribution is 5.50. The number of anilines is 1. The van der Waals surface area contributed by atoms with Gasteiger partial charge in [0.25, 0.3) is 0 Å². The van der Waals surface area contributed by atoms with Crippen molar-refractivity contribution in [3.8, 4) is 5.75 Å². The number of fused-ring (bicyclic) bond motifs is 1. The van der Waals surface area contributed by atoms with Gasteiger partial charge in [0.1, 0.15) is 11.5 Å². The molecule has 126 valence electrons. The van der Waals surface area contributed by atoms with Crippen LogP contribution in [0.15, 0.2) is 33.5 Å². The molecule has 24 heavy (non-hydrogen) atoms. The fourth-order valence-corrected chi connectivity index (χ4v) is 3.97. The molecular weight excluding hydrogens is 302 g/mol. The smallest absolute Gasteiger partial charge is 0.343 e. The van der Waals surface area contributed by atoms with Crippen molar-refractivity contribution in [3.63, 3.8) is 0 Å². The SMILES string of the molecule is Nc1cccc(C(c2c(O)c3c(oc2=O)CCCCC3)C2CC2)c1. The highest BCUT2D eigenvalue weighted by Gasteiger charge is 2.38. The molecule has 1 aromatic carbocycles. The van der Waals surface area contributed by atoms with Crippen LogP contribution in [0.25, 0.3) is 0 Å². The quantitative estimate of drug-likeness (QED) is 0.666. The van der Waals surface area contributed by atoms with E-state index in [9.17, 15) is 9.90 Å². The first kappa shape index (κ1) is 15.3. The first-order valence-corrected chi connectivity index (χ1v) is 8.88. The van der Waals surface area contributed by atoms with Gasteiger partial charge in [-0.25, -0.2) is 4.79 Å². The predicted octanol–water partition coefficient (Wildman–Crippen LogP) is 3.74. The number of aromatic hydroxyl groups is 1. The standard InChI is InChI=1S/C20H23NO3/c21-14-6-4-5-13(11-14)17(12-9-10-12)18-19(22)15-7-2-1-3-8-16(15)24-20(18)23/h4-6,11-12,17,22H,1-3,7-10,21H2. The third kappa shape index (κ3) is 2.70.